The van der Waals surface area contributed by atoms with Gasteiger partial charge in [0.2, 0.25) is 0 Å². The second-order valence-corrected chi connectivity index (χ2v) is 5.93. The lowest BCUT2D eigenvalue weighted by Gasteiger charge is -2.03. The van der Waals surface area contributed by atoms with Gasteiger partial charge in [0.05, 0.1) is 25.5 Å². The number of rotatable bonds is 7. The zero-order chi connectivity index (χ0) is 20.6. The first-order valence-corrected chi connectivity index (χ1v) is 8.95. The highest BCUT2D eigenvalue weighted by Crippen LogP contribution is 2.23. The Hall–Kier alpha value is -3.87. The smallest absolute Gasteiger partial charge is 0.337 e. The highest BCUT2D eigenvalue weighted by atomic mass is 16.5. The number of esters is 1. The Labute approximate surface area is 167 Å². The second kappa shape index (κ2) is 9.36. The molecule has 0 aliphatic heterocycles. The molecule has 2 aromatic carbocycles. The number of methoxy groups -OCH3 is 1. The van der Waals surface area contributed by atoms with Crippen LogP contribution in [0, 0.1) is 0 Å². The van der Waals surface area contributed by atoms with Gasteiger partial charge in [0.1, 0.15) is 17.3 Å². The summed E-state index contributed by atoms with van der Waals surface area (Å²) in [5, 5.41) is 3.92. The van der Waals surface area contributed by atoms with Gasteiger partial charge < -0.3 is 13.9 Å². The van der Waals surface area contributed by atoms with Gasteiger partial charge in [-0.1, -0.05) is 12.1 Å². The summed E-state index contributed by atoms with van der Waals surface area (Å²) in [6.45, 7) is 2.46. The first-order valence-electron chi connectivity index (χ1n) is 8.95. The Morgan fingerprint density at radius 3 is 2.59 bits per heavy atom. The molecule has 0 spiro atoms. The minimum Gasteiger partial charge on any atom is -0.494 e. The van der Waals surface area contributed by atoms with Gasteiger partial charge in [-0.05, 0) is 55.5 Å². The molecule has 148 valence electrons. The molecule has 0 aliphatic carbocycles. The molecule has 0 fully saturated rings. The third-order valence-corrected chi connectivity index (χ3v) is 3.98. The Morgan fingerprint density at radius 2 is 1.86 bits per heavy atom. The Bertz CT molecular complexity index is 1020. The van der Waals surface area contributed by atoms with Gasteiger partial charge in [-0.15, -0.1) is 0 Å². The molecule has 7 heteroatoms. The van der Waals surface area contributed by atoms with E-state index in [1.54, 1.807) is 54.6 Å². The van der Waals surface area contributed by atoms with Crippen LogP contribution in [0.4, 0.5) is 0 Å². The lowest BCUT2D eigenvalue weighted by Crippen LogP contribution is -2.17. The maximum atomic E-state index is 12.1. The lowest BCUT2D eigenvalue weighted by atomic mass is 10.1. The maximum Gasteiger partial charge on any atom is 0.337 e. The predicted octanol–water partition coefficient (Wildman–Crippen LogP) is 3.90. The molecule has 0 saturated carbocycles. The summed E-state index contributed by atoms with van der Waals surface area (Å²) in [7, 11) is 1.33. The third kappa shape index (κ3) is 5.10. The molecule has 29 heavy (non-hydrogen) atoms. The maximum absolute atomic E-state index is 12.1. The van der Waals surface area contributed by atoms with E-state index in [4.69, 9.17) is 13.9 Å². The van der Waals surface area contributed by atoms with Crippen molar-refractivity contribution in [3.8, 4) is 17.1 Å². The number of hydrogen-bond acceptors (Lipinski definition) is 6. The summed E-state index contributed by atoms with van der Waals surface area (Å²) in [5.74, 6) is 0.955. The van der Waals surface area contributed by atoms with Crippen LogP contribution in [0.5, 0.6) is 5.75 Å². The van der Waals surface area contributed by atoms with E-state index in [0.29, 0.717) is 35.0 Å². The van der Waals surface area contributed by atoms with Gasteiger partial charge in [-0.2, -0.15) is 5.10 Å². The fourth-order valence-corrected chi connectivity index (χ4v) is 2.58. The van der Waals surface area contributed by atoms with Crippen molar-refractivity contribution in [2.45, 2.75) is 6.92 Å². The molecule has 3 aromatic rings. The van der Waals surface area contributed by atoms with Gasteiger partial charge in [0, 0.05) is 11.1 Å². The van der Waals surface area contributed by atoms with E-state index < -0.39 is 5.97 Å². The van der Waals surface area contributed by atoms with E-state index in [9.17, 15) is 9.59 Å². The van der Waals surface area contributed by atoms with Gasteiger partial charge in [0.25, 0.3) is 5.91 Å². The summed E-state index contributed by atoms with van der Waals surface area (Å²) in [4.78, 5) is 23.8. The van der Waals surface area contributed by atoms with Crippen LogP contribution in [0.3, 0.4) is 0 Å². The number of carbonyl (C=O) groups is 2. The summed E-state index contributed by atoms with van der Waals surface area (Å²) in [6, 6.07) is 17.2. The van der Waals surface area contributed by atoms with Crippen molar-refractivity contribution in [1.82, 2.24) is 5.43 Å². The summed E-state index contributed by atoms with van der Waals surface area (Å²) in [5.41, 5.74) is 4.07. The highest BCUT2D eigenvalue weighted by molar-refractivity contribution is 5.95. The molecule has 0 radical (unpaired) electrons. The van der Waals surface area contributed by atoms with Crippen LogP contribution in [-0.4, -0.2) is 31.8 Å². The number of ether oxygens (including phenoxy) is 2. The van der Waals surface area contributed by atoms with E-state index in [1.807, 2.05) is 13.0 Å². The van der Waals surface area contributed by atoms with Crippen molar-refractivity contribution in [3.63, 3.8) is 0 Å². The molecule has 1 N–H and O–H groups in total. The molecule has 0 unspecified atom stereocenters. The van der Waals surface area contributed by atoms with Gasteiger partial charge in [-0.25, -0.2) is 10.2 Å². The number of hydrazone groups is 1. The Balaban J connectivity index is 1.63. The van der Waals surface area contributed by atoms with Gasteiger partial charge in [-0.3, -0.25) is 4.79 Å². The first-order chi connectivity index (χ1) is 14.1. The molecular weight excluding hydrogens is 372 g/mol. The van der Waals surface area contributed by atoms with Crippen molar-refractivity contribution < 1.29 is 23.5 Å². The normalized spacial score (nSPS) is 10.7. The lowest BCUT2D eigenvalue weighted by molar-refractivity contribution is 0.0600. The fraction of sp³-hybridized carbons (Fsp3) is 0.136. The van der Waals surface area contributed by atoms with Crippen LogP contribution in [0.1, 0.15) is 33.4 Å². The zero-order valence-corrected chi connectivity index (χ0v) is 16.0. The second-order valence-electron chi connectivity index (χ2n) is 5.93. The van der Waals surface area contributed by atoms with Crippen LogP contribution in [0.15, 0.2) is 70.2 Å². The predicted molar refractivity (Wildman–Crippen MR) is 108 cm³/mol. The molecular formula is C22H20N2O5. The van der Waals surface area contributed by atoms with E-state index >= 15 is 0 Å². The fourth-order valence-electron chi connectivity index (χ4n) is 2.58. The summed E-state index contributed by atoms with van der Waals surface area (Å²) < 4.78 is 15.8. The van der Waals surface area contributed by atoms with E-state index in [1.165, 1.54) is 13.3 Å². The number of nitrogens with zero attached hydrogens (tertiary/aromatic N) is 1. The number of benzene rings is 2. The number of furan rings is 1. The largest absolute Gasteiger partial charge is 0.494 e. The molecule has 1 amide bonds. The molecule has 7 nitrogen and oxygen atoms in total. The van der Waals surface area contributed by atoms with E-state index in [0.717, 1.165) is 5.56 Å². The van der Waals surface area contributed by atoms with Crippen molar-refractivity contribution >= 4 is 18.1 Å². The molecule has 1 heterocycles. The highest BCUT2D eigenvalue weighted by Gasteiger charge is 2.09. The molecule has 0 atom stereocenters. The first kappa shape index (κ1) is 19.9. The van der Waals surface area contributed by atoms with Crippen molar-refractivity contribution in [2.24, 2.45) is 5.10 Å². The minimum absolute atomic E-state index is 0.346. The number of carbonyl (C=O) groups excluding carboxylic acids is 2. The molecule has 3 rings (SSSR count). The topological polar surface area (TPSA) is 90.1 Å². The average Bonchev–Trinajstić information content (AvgIpc) is 3.23. The Morgan fingerprint density at radius 1 is 1.07 bits per heavy atom. The molecule has 0 aliphatic rings. The van der Waals surface area contributed by atoms with Gasteiger partial charge in [0.15, 0.2) is 0 Å². The van der Waals surface area contributed by atoms with Crippen LogP contribution < -0.4 is 10.2 Å². The standard InChI is InChI=1S/C22H20N2O5/c1-3-28-18-9-7-15(8-10-18)21(25)24-23-14-19-11-12-20(29-19)16-5-4-6-17(13-16)22(26)27-2/h4-14H,3H2,1-2H3,(H,24,25)/b23-14-. The van der Waals surface area contributed by atoms with E-state index in [-0.39, 0.29) is 5.91 Å². The van der Waals surface area contributed by atoms with Crippen molar-refractivity contribution in [1.29, 1.82) is 0 Å². The SMILES string of the molecule is CCOc1ccc(C(=O)N/N=C\c2ccc(-c3cccc(C(=O)OC)c3)o2)cc1. The van der Waals surface area contributed by atoms with Crippen LogP contribution in [0.25, 0.3) is 11.3 Å². The summed E-state index contributed by atoms with van der Waals surface area (Å²) >= 11 is 0. The van der Waals surface area contributed by atoms with Crippen molar-refractivity contribution in [2.75, 3.05) is 13.7 Å². The minimum atomic E-state index is -0.419. The Kier molecular flexibility index (Phi) is 6.42. The van der Waals surface area contributed by atoms with Crippen LogP contribution >= 0.6 is 0 Å². The summed E-state index contributed by atoms with van der Waals surface area (Å²) in [6.07, 6.45) is 1.40. The zero-order valence-electron chi connectivity index (χ0n) is 16.0. The van der Waals surface area contributed by atoms with Gasteiger partial charge >= 0.3 is 5.97 Å². The number of hydrogen-bond donors (Lipinski definition) is 1. The average molecular weight is 392 g/mol. The quantitative estimate of drug-likeness (QED) is 0.374. The third-order valence-electron chi connectivity index (χ3n) is 3.98. The van der Waals surface area contributed by atoms with Crippen LogP contribution in [-0.2, 0) is 4.74 Å². The molecule has 1 aromatic heterocycles. The van der Waals surface area contributed by atoms with Crippen molar-refractivity contribution in [3.05, 3.63) is 77.6 Å². The number of amides is 1. The molecule has 0 bridgehead atoms. The monoisotopic (exact) mass is 392 g/mol. The van der Waals surface area contributed by atoms with Crippen LogP contribution in [0.2, 0.25) is 0 Å². The number of nitrogens with one attached hydrogen (secondary N) is 1. The van der Waals surface area contributed by atoms with E-state index in [2.05, 4.69) is 10.5 Å². The molecule has 0 saturated heterocycles.